The Morgan fingerprint density at radius 2 is 2.07 bits per heavy atom. The van der Waals surface area contributed by atoms with Crippen molar-refractivity contribution in [3.05, 3.63) is 12.2 Å². The van der Waals surface area contributed by atoms with Crippen LogP contribution in [0.25, 0.3) is 0 Å². The van der Waals surface area contributed by atoms with Gasteiger partial charge in [-0.2, -0.15) is 0 Å². The van der Waals surface area contributed by atoms with Gasteiger partial charge in [-0.1, -0.05) is 25.3 Å². The van der Waals surface area contributed by atoms with Crippen molar-refractivity contribution in [2.24, 2.45) is 11.8 Å². The zero-order valence-corrected chi connectivity index (χ0v) is 9.51. The van der Waals surface area contributed by atoms with Crippen LogP contribution in [0.3, 0.4) is 0 Å². The summed E-state index contributed by atoms with van der Waals surface area (Å²) in [7, 11) is 0. The lowest BCUT2D eigenvalue weighted by atomic mass is 9.79. The van der Waals surface area contributed by atoms with Crippen molar-refractivity contribution in [1.29, 1.82) is 0 Å². The van der Waals surface area contributed by atoms with E-state index in [9.17, 15) is 4.79 Å². The van der Waals surface area contributed by atoms with Gasteiger partial charge in [0.15, 0.2) is 0 Å². The van der Waals surface area contributed by atoms with Gasteiger partial charge in [0.2, 0.25) is 0 Å². The Labute approximate surface area is 87.6 Å². The van der Waals surface area contributed by atoms with Crippen molar-refractivity contribution in [2.75, 3.05) is 0 Å². The highest BCUT2D eigenvalue weighted by atomic mass is 16.1. The Kier molecular flexibility index (Phi) is 4.37. The number of carbonyl (C=O) groups excluding carboxylic acids is 1. The highest BCUT2D eigenvalue weighted by Crippen LogP contribution is 2.30. The van der Waals surface area contributed by atoms with E-state index in [0.717, 1.165) is 30.8 Å². The molecule has 2 atom stereocenters. The number of rotatable bonds is 4. The molecule has 0 aliphatic heterocycles. The molecule has 0 radical (unpaired) electrons. The van der Waals surface area contributed by atoms with Crippen molar-refractivity contribution in [3.8, 4) is 0 Å². The normalized spacial score (nSPS) is 27.3. The Morgan fingerprint density at radius 3 is 2.64 bits per heavy atom. The number of hydrogen-bond acceptors (Lipinski definition) is 1. The highest BCUT2D eigenvalue weighted by Gasteiger charge is 2.24. The summed E-state index contributed by atoms with van der Waals surface area (Å²) >= 11 is 0. The molecule has 1 rings (SSSR count). The summed E-state index contributed by atoms with van der Waals surface area (Å²) in [6.45, 7) is 8.09. The standard InChI is InChI=1S/C13H22O/c1-10(2)7-8-13(14)12-6-4-5-11(3)9-12/h11-12H,1,4-9H2,2-3H3. The molecule has 1 heteroatoms. The third-order valence-corrected chi connectivity index (χ3v) is 3.19. The van der Waals surface area contributed by atoms with Crippen LogP contribution in [-0.4, -0.2) is 5.78 Å². The van der Waals surface area contributed by atoms with E-state index in [-0.39, 0.29) is 0 Å². The molecule has 0 spiro atoms. The molecule has 1 aliphatic rings. The van der Waals surface area contributed by atoms with E-state index in [0.29, 0.717) is 18.1 Å². The van der Waals surface area contributed by atoms with Crippen LogP contribution < -0.4 is 0 Å². The van der Waals surface area contributed by atoms with Gasteiger partial charge in [0.1, 0.15) is 5.78 Å². The zero-order chi connectivity index (χ0) is 10.6. The molecule has 0 aromatic heterocycles. The van der Waals surface area contributed by atoms with Gasteiger partial charge in [0, 0.05) is 12.3 Å². The van der Waals surface area contributed by atoms with Crippen molar-refractivity contribution in [3.63, 3.8) is 0 Å². The van der Waals surface area contributed by atoms with Crippen molar-refractivity contribution in [1.82, 2.24) is 0 Å². The van der Waals surface area contributed by atoms with Crippen molar-refractivity contribution >= 4 is 5.78 Å². The first-order chi connectivity index (χ1) is 6.59. The van der Waals surface area contributed by atoms with Crippen LogP contribution in [0, 0.1) is 11.8 Å². The molecule has 0 aromatic carbocycles. The largest absolute Gasteiger partial charge is 0.299 e. The van der Waals surface area contributed by atoms with Gasteiger partial charge in [-0.25, -0.2) is 0 Å². The fourth-order valence-electron chi connectivity index (χ4n) is 2.27. The molecule has 0 bridgehead atoms. The average molecular weight is 194 g/mol. The molecule has 14 heavy (non-hydrogen) atoms. The van der Waals surface area contributed by atoms with Gasteiger partial charge in [0.05, 0.1) is 0 Å². The molecule has 0 aromatic rings. The van der Waals surface area contributed by atoms with Crippen molar-refractivity contribution < 1.29 is 4.79 Å². The summed E-state index contributed by atoms with van der Waals surface area (Å²) in [6.07, 6.45) is 6.39. The van der Waals surface area contributed by atoms with Gasteiger partial charge in [-0.3, -0.25) is 4.79 Å². The maximum atomic E-state index is 11.8. The van der Waals surface area contributed by atoms with Crippen LogP contribution in [0.15, 0.2) is 12.2 Å². The average Bonchev–Trinajstić information content (AvgIpc) is 2.14. The SMILES string of the molecule is C=C(C)CCC(=O)C1CCCC(C)C1. The molecule has 0 N–H and O–H groups in total. The highest BCUT2D eigenvalue weighted by molar-refractivity contribution is 5.81. The second-order valence-electron chi connectivity index (χ2n) is 4.89. The van der Waals surface area contributed by atoms with Gasteiger partial charge in [-0.05, 0) is 32.1 Å². The minimum absolute atomic E-state index is 0.359. The van der Waals surface area contributed by atoms with Gasteiger partial charge < -0.3 is 0 Å². The van der Waals surface area contributed by atoms with Gasteiger partial charge in [-0.15, -0.1) is 6.58 Å². The van der Waals surface area contributed by atoms with Crippen molar-refractivity contribution in [2.45, 2.75) is 52.4 Å². The number of carbonyl (C=O) groups is 1. The topological polar surface area (TPSA) is 17.1 Å². The van der Waals surface area contributed by atoms with Crippen LogP contribution in [0.2, 0.25) is 0 Å². The summed E-state index contributed by atoms with van der Waals surface area (Å²) in [4.78, 5) is 11.8. The first-order valence-electron chi connectivity index (χ1n) is 5.76. The number of allylic oxidation sites excluding steroid dienone is 1. The molecule has 0 heterocycles. The Hall–Kier alpha value is -0.590. The molecule has 0 saturated heterocycles. The summed E-state index contributed by atoms with van der Waals surface area (Å²) in [6, 6.07) is 0. The predicted molar refractivity (Wildman–Crippen MR) is 60.2 cm³/mol. The number of ketones is 1. The molecule has 1 aliphatic carbocycles. The quantitative estimate of drug-likeness (QED) is 0.623. The molecule has 1 saturated carbocycles. The minimum Gasteiger partial charge on any atom is -0.299 e. The predicted octanol–water partition coefficient (Wildman–Crippen LogP) is 3.74. The molecule has 0 amide bonds. The van der Waals surface area contributed by atoms with E-state index < -0.39 is 0 Å². The Morgan fingerprint density at radius 1 is 1.36 bits per heavy atom. The van der Waals surface area contributed by atoms with Gasteiger partial charge >= 0.3 is 0 Å². The lowest BCUT2D eigenvalue weighted by Crippen LogP contribution is -2.21. The Bertz CT molecular complexity index is 217. The van der Waals surface area contributed by atoms with E-state index >= 15 is 0 Å². The third-order valence-electron chi connectivity index (χ3n) is 3.19. The maximum absolute atomic E-state index is 11.8. The molecule has 80 valence electrons. The van der Waals surface area contributed by atoms with E-state index in [1.165, 1.54) is 12.8 Å². The minimum atomic E-state index is 0.359. The third kappa shape index (κ3) is 3.65. The lowest BCUT2D eigenvalue weighted by Gasteiger charge is -2.25. The van der Waals surface area contributed by atoms with E-state index in [1.807, 2.05) is 6.92 Å². The van der Waals surface area contributed by atoms with E-state index in [4.69, 9.17) is 0 Å². The van der Waals surface area contributed by atoms with Crippen LogP contribution in [0.4, 0.5) is 0 Å². The second kappa shape index (κ2) is 5.33. The van der Waals surface area contributed by atoms with Crippen LogP contribution in [-0.2, 0) is 4.79 Å². The van der Waals surface area contributed by atoms with Crippen LogP contribution in [0.1, 0.15) is 52.4 Å². The van der Waals surface area contributed by atoms with Crippen LogP contribution >= 0.6 is 0 Å². The lowest BCUT2D eigenvalue weighted by molar-refractivity contribution is -0.124. The summed E-state index contributed by atoms with van der Waals surface area (Å²) < 4.78 is 0. The molecular formula is C13H22O. The molecule has 1 nitrogen and oxygen atoms in total. The summed E-state index contributed by atoms with van der Waals surface area (Å²) in [5, 5.41) is 0. The number of hydrogen-bond donors (Lipinski definition) is 0. The van der Waals surface area contributed by atoms with Crippen LogP contribution in [0.5, 0.6) is 0 Å². The zero-order valence-electron chi connectivity index (χ0n) is 9.51. The fraction of sp³-hybridized carbons (Fsp3) is 0.769. The Balaban J connectivity index is 2.32. The monoisotopic (exact) mass is 194 g/mol. The fourth-order valence-corrected chi connectivity index (χ4v) is 2.27. The van der Waals surface area contributed by atoms with E-state index in [2.05, 4.69) is 13.5 Å². The molecule has 2 unspecified atom stereocenters. The molecular weight excluding hydrogens is 172 g/mol. The first-order valence-corrected chi connectivity index (χ1v) is 5.76. The second-order valence-corrected chi connectivity index (χ2v) is 4.89. The maximum Gasteiger partial charge on any atom is 0.136 e. The summed E-state index contributed by atoms with van der Waals surface area (Å²) in [5.41, 5.74) is 1.13. The number of Topliss-reactive ketones (excluding diaryl/α,β-unsaturated/α-hetero) is 1. The molecule has 1 fully saturated rings. The summed E-state index contributed by atoms with van der Waals surface area (Å²) in [5.74, 6) is 1.58. The van der Waals surface area contributed by atoms with E-state index in [1.54, 1.807) is 0 Å². The smallest absolute Gasteiger partial charge is 0.136 e. The first kappa shape index (κ1) is 11.5. The van der Waals surface area contributed by atoms with Gasteiger partial charge in [0.25, 0.3) is 0 Å².